The maximum atomic E-state index is 9.59. The molecule has 0 amide bonds. The summed E-state index contributed by atoms with van der Waals surface area (Å²) in [5, 5.41) is 7.00. The number of ether oxygens (including phenoxy) is 1. The Labute approximate surface area is 60.1 Å². The first-order valence-electron chi connectivity index (χ1n) is 2.32. The van der Waals surface area contributed by atoms with Crippen molar-refractivity contribution in [1.29, 1.82) is 0 Å². The molecule has 10 heavy (non-hydrogen) atoms. The number of methoxy groups -OCH3 is 1. The summed E-state index contributed by atoms with van der Waals surface area (Å²) < 4.78 is 4.11. The molecule has 0 aliphatic carbocycles. The molecule has 0 aromatic heterocycles. The van der Waals surface area contributed by atoms with Gasteiger partial charge in [-0.15, -0.1) is 0 Å². The number of carbonyl (C=O) groups excluding carboxylic acids is 2. The van der Waals surface area contributed by atoms with Gasteiger partial charge in [0.25, 0.3) is 0 Å². The first-order valence-corrected chi connectivity index (χ1v) is 2.32. The van der Waals surface area contributed by atoms with Crippen LogP contribution in [0.4, 0.5) is 0 Å². The number of esters is 1. The quantitative estimate of drug-likeness (QED) is 0.381. The monoisotopic (exact) mass is 148 g/mol. The van der Waals surface area contributed by atoms with Gasteiger partial charge in [-0.3, -0.25) is 4.79 Å². The molecule has 0 fully saturated rings. The van der Waals surface area contributed by atoms with Gasteiger partial charge >= 0.3 is 5.97 Å². The van der Waals surface area contributed by atoms with E-state index in [1.165, 1.54) is 20.0 Å². The van der Waals surface area contributed by atoms with Gasteiger partial charge in [0.2, 0.25) is 0 Å². The predicted octanol–water partition coefficient (Wildman–Crippen LogP) is -0.208. The molecule has 0 rings (SSSR count). The number of rotatable bonds is 0. The lowest BCUT2D eigenvalue weighted by molar-refractivity contribution is -0.137. The highest BCUT2D eigenvalue weighted by Crippen LogP contribution is 1.60. The average molecular weight is 148 g/mol. The number of hydrogen-bond donors (Lipinski definition) is 1. The third-order valence-corrected chi connectivity index (χ3v) is 0.287. The highest BCUT2D eigenvalue weighted by Gasteiger charge is 1.75. The van der Waals surface area contributed by atoms with E-state index in [0.717, 1.165) is 7.11 Å². The molecule has 0 bridgehead atoms. The molecule has 0 aromatic carbocycles. The van der Waals surface area contributed by atoms with Crippen molar-refractivity contribution in [2.45, 2.75) is 6.92 Å². The summed E-state index contributed by atoms with van der Waals surface area (Å²) >= 11 is 0. The summed E-state index contributed by atoms with van der Waals surface area (Å²) in [6.07, 6.45) is 0. The van der Waals surface area contributed by atoms with Crippen LogP contribution in [0.3, 0.4) is 0 Å². The SMILES string of the molecule is C=C=O.CO.COC(C)=O. The first-order chi connectivity index (χ1) is 4.68. The minimum absolute atomic E-state index is 0.245. The molecule has 0 saturated heterocycles. The summed E-state index contributed by atoms with van der Waals surface area (Å²) in [5.41, 5.74) is 0. The van der Waals surface area contributed by atoms with Crippen molar-refractivity contribution in [2.24, 2.45) is 0 Å². The number of hydrogen-bond acceptors (Lipinski definition) is 4. The van der Waals surface area contributed by atoms with Crippen LogP contribution in [-0.2, 0) is 14.3 Å². The van der Waals surface area contributed by atoms with Crippen molar-refractivity contribution >= 4 is 11.9 Å². The van der Waals surface area contributed by atoms with Gasteiger partial charge in [0.05, 0.1) is 7.11 Å². The summed E-state index contributed by atoms with van der Waals surface area (Å²) in [4.78, 5) is 18.2. The number of aliphatic hydroxyl groups is 1. The van der Waals surface area contributed by atoms with E-state index in [4.69, 9.17) is 9.90 Å². The van der Waals surface area contributed by atoms with Crippen molar-refractivity contribution in [3.8, 4) is 0 Å². The fourth-order valence-electron chi connectivity index (χ4n) is 0. The lowest BCUT2D eigenvalue weighted by Crippen LogP contribution is -1.88. The van der Waals surface area contributed by atoms with Crippen LogP contribution in [0.5, 0.6) is 0 Å². The number of aliphatic hydroxyl groups excluding tert-OH is 1. The molecule has 0 spiro atoms. The Kier molecular flexibility index (Phi) is 39.5. The zero-order valence-electron chi connectivity index (χ0n) is 6.38. The molecule has 0 aliphatic heterocycles. The maximum absolute atomic E-state index is 9.59. The highest BCUT2D eigenvalue weighted by molar-refractivity contribution is 5.65. The number of carbonyl (C=O) groups is 1. The summed E-state index contributed by atoms with van der Waals surface area (Å²) in [6.45, 7) is 4.04. The van der Waals surface area contributed by atoms with Crippen LogP contribution in [0.15, 0.2) is 6.58 Å². The molecular formula is C6H12O4. The van der Waals surface area contributed by atoms with Crippen LogP contribution in [0.2, 0.25) is 0 Å². The van der Waals surface area contributed by atoms with Crippen LogP contribution in [-0.4, -0.2) is 31.2 Å². The zero-order chi connectivity index (χ0) is 8.99. The second kappa shape index (κ2) is 24.8. The van der Waals surface area contributed by atoms with Gasteiger partial charge in [-0.2, -0.15) is 0 Å². The first kappa shape index (κ1) is 15.9. The normalized spacial score (nSPS) is 4.80. The Bertz CT molecular complexity index is 91.9. The third kappa shape index (κ3) is 307. The fourth-order valence-corrected chi connectivity index (χ4v) is 0. The Morgan fingerprint density at radius 3 is 1.70 bits per heavy atom. The Morgan fingerprint density at radius 1 is 1.60 bits per heavy atom. The predicted molar refractivity (Wildman–Crippen MR) is 37.2 cm³/mol. The molecule has 0 saturated carbocycles. The molecule has 0 aliphatic rings. The second-order valence-electron chi connectivity index (χ2n) is 0.840. The van der Waals surface area contributed by atoms with Gasteiger partial charge in [0.15, 0.2) is 0 Å². The van der Waals surface area contributed by atoms with Crippen LogP contribution in [0.1, 0.15) is 6.92 Å². The molecule has 0 heterocycles. The largest absolute Gasteiger partial charge is 0.469 e. The van der Waals surface area contributed by atoms with Gasteiger partial charge < -0.3 is 9.84 Å². The summed E-state index contributed by atoms with van der Waals surface area (Å²) in [5.74, 6) is 1.00. The topological polar surface area (TPSA) is 63.6 Å². The second-order valence-corrected chi connectivity index (χ2v) is 0.840. The smallest absolute Gasteiger partial charge is 0.302 e. The standard InChI is InChI=1S/C3H6O2.C2H2O.CH4O/c1-3(4)5-2;1-2-3;1-2/h1-2H3;1H2;2H,1H3. The minimum atomic E-state index is -0.245. The Balaban J connectivity index is -0.0000000847. The van der Waals surface area contributed by atoms with Gasteiger partial charge in [-0.1, -0.05) is 0 Å². The average Bonchev–Trinajstić information content (AvgIpc) is 1.94. The van der Waals surface area contributed by atoms with E-state index in [0.29, 0.717) is 0 Å². The summed E-state index contributed by atoms with van der Waals surface area (Å²) in [6, 6.07) is 0. The van der Waals surface area contributed by atoms with Crippen molar-refractivity contribution in [2.75, 3.05) is 14.2 Å². The molecule has 4 nitrogen and oxygen atoms in total. The van der Waals surface area contributed by atoms with Crippen molar-refractivity contribution < 1.29 is 19.4 Å². The van der Waals surface area contributed by atoms with Crippen LogP contribution >= 0.6 is 0 Å². The Hall–Kier alpha value is -1.12. The fraction of sp³-hybridized carbons (Fsp3) is 0.500. The Morgan fingerprint density at radius 2 is 1.70 bits per heavy atom. The molecule has 0 unspecified atom stereocenters. The van der Waals surface area contributed by atoms with E-state index < -0.39 is 0 Å². The lowest BCUT2D eigenvalue weighted by atomic mass is 10.8. The van der Waals surface area contributed by atoms with E-state index in [2.05, 4.69) is 11.3 Å². The van der Waals surface area contributed by atoms with Crippen LogP contribution in [0.25, 0.3) is 0 Å². The van der Waals surface area contributed by atoms with E-state index in [1.54, 1.807) is 0 Å². The van der Waals surface area contributed by atoms with E-state index in [1.807, 2.05) is 0 Å². The van der Waals surface area contributed by atoms with Crippen molar-refractivity contribution in [3.05, 3.63) is 6.58 Å². The molecule has 0 atom stereocenters. The van der Waals surface area contributed by atoms with Crippen molar-refractivity contribution in [3.63, 3.8) is 0 Å². The molecule has 1 N–H and O–H groups in total. The minimum Gasteiger partial charge on any atom is -0.469 e. The van der Waals surface area contributed by atoms with Gasteiger partial charge in [-0.25, -0.2) is 4.79 Å². The third-order valence-electron chi connectivity index (χ3n) is 0.287. The van der Waals surface area contributed by atoms with Gasteiger partial charge in [-0.05, 0) is 6.58 Å². The molecule has 0 radical (unpaired) electrons. The molecular weight excluding hydrogens is 136 g/mol. The molecule has 4 heteroatoms. The highest BCUT2D eigenvalue weighted by atomic mass is 16.5. The van der Waals surface area contributed by atoms with Crippen LogP contribution < -0.4 is 0 Å². The molecule has 0 aromatic rings. The van der Waals surface area contributed by atoms with E-state index in [9.17, 15) is 4.79 Å². The molecule has 60 valence electrons. The van der Waals surface area contributed by atoms with Crippen molar-refractivity contribution in [1.82, 2.24) is 0 Å². The van der Waals surface area contributed by atoms with Gasteiger partial charge in [0, 0.05) is 14.0 Å². The van der Waals surface area contributed by atoms with Crippen LogP contribution in [0, 0.1) is 0 Å². The lowest BCUT2D eigenvalue weighted by Gasteiger charge is -1.80. The maximum Gasteiger partial charge on any atom is 0.302 e. The zero-order valence-corrected chi connectivity index (χ0v) is 6.38. The van der Waals surface area contributed by atoms with Gasteiger partial charge in [0.1, 0.15) is 5.94 Å². The summed E-state index contributed by atoms with van der Waals surface area (Å²) in [7, 11) is 2.35. The van der Waals surface area contributed by atoms with E-state index in [-0.39, 0.29) is 5.97 Å². The van der Waals surface area contributed by atoms with E-state index >= 15 is 0 Å².